The highest BCUT2D eigenvalue weighted by atomic mass is 16.5. The third-order valence-electron chi connectivity index (χ3n) is 5.94. The van der Waals surface area contributed by atoms with Gasteiger partial charge in [-0.25, -0.2) is 4.79 Å². The van der Waals surface area contributed by atoms with Crippen molar-refractivity contribution in [1.82, 2.24) is 5.32 Å². The number of benzene rings is 1. The number of carbonyl (C=O) groups is 1. The fourth-order valence-electron chi connectivity index (χ4n) is 4.20. The van der Waals surface area contributed by atoms with Gasteiger partial charge >= 0.3 is 5.63 Å². The molecule has 0 saturated heterocycles. The van der Waals surface area contributed by atoms with Crippen LogP contribution in [0.4, 0.5) is 0 Å². The Kier molecular flexibility index (Phi) is 5.18. The van der Waals surface area contributed by atoms with Gasteiger partial charge in [-0.3, -0.25) is 4.79 Å². The molecule has 3 atom stereocenters. The number of nitrogens with one attached hydrogen (secondary N) is 1. The number of amides is 1. The van der Waals surface area contributed by atoms with Gasteiger partial charge in [0.1, 0.15) is 28.9 Å². The van der Waals surface area contributed by atoms with Crippen LogP contribution in [0.5, 0.6) is 11.5 Å². The molecular weight excluding hydrogens is 370 g/mol. The Morgan fingerprint density at radius 2 is 2.14 bits per heavy atom. The molecule has 1 fully saturated rings. The number of fused-ring (bicyclic) bond motifs is 2. The van der Waals surface area contributed by atoms with Crippen molar-refractivity contribution in [2.24, 2.45) is 11.8 Å². The van der Waals surface area contributed by atoms with Crippen molar-refractivity contribution < 1.29 is 19.1 Å². The van der Waals surface area contributed by atoms with Crippen molar-refractivity contribution in [2.45, 2.75) is 39.2 Å². The summed E-state index contributed by atoms with van der Waals surface area (Å²) in [4.78, 5) is 24.4. The zero-order chi connectivity index (χ0) is 20.5. The molecule has 0 radical (unpaired) electrons. The fraction of sp³-hybridized carbons (Fsp3) is 0.391. The summed E-state index contributed by atoms with van der Waals surface area (Å²) in [7, 11) is 0. The normalized spacial score (nSPS) is 21.2. The summed E-state index contributed by atoms with van der Waals surface area (Å²) in [5, 5.41) is 12.8. The molecule has 1 amide bonds. The van der Waals surface area contributed by atoms with E-state index in [1.165, 1.54) is 6.07 Å². The molecule has 1 unspecified atom stereocenters. The Bertz CT molecular complexity index is 1020. The second kappa shape index (κ2) is 7.78. The lowest BCUT2D eigenvalue weighted by molar-refractivity contribution is 0.0929. The highest BCUT2D eigenvalue weighted by molar-refractivity contribution is 5.96. The van der Waals surface area contributed by atoms with Crippen LogP contribution in [0.3, 0.4) is 0 Å². The lowest BCUT2D eigenvalue weighted by Gasteiger charge is -2.37. The Labute approximate surface area is 169 Å². The van der Waals surface area contributed by atoms with Crippen LogP contribution in [0.2, 0.25) is 0 Å². The summed E-state index contributed by atoms with van der Waals surface area (Å²) < 4.78 is 11.3. The van der Waals surface area contributed by atoms with Crippen molar-refractivity contribution in [2.75, 3.05) is 6.54 Å². The Morgan fingerprint density at radius 3 is 2.93 bits per heavy atom. The van der Waals surface area contributed by atoms with Gasteiger partial charge in [-0.1, -0.05) is 19.1 Å². The zero-order valence-corrected chi connectivity index (χ0v) is 16.6. The van der Waals surface area contributed by atoms with Gasteiger partial charge in [0, 0.05) is 12.6 Å². The smallest absolute Gasteiger partial charge is 0.346 e. The fourth-order valence-corrected chi connectivity index (χ4v) is 4.20. The number of carbonyl (C=O) groups excluding carboxylic acids is 1. The maximum Gasteiger partial charge on any atom is 0.346 e. The predicted molar refractivity (Wildman–Crippen MR) is 109 cm³/mol. The number of para-hydroxylation sites is 1. The first-order valence-corrected chi connectivity index (χ1v) is 10.0. The number of hydrogen-bond donors (Lipinski definition) is 2. The standard InChI is InChI=1S/C23H25NO5/c1-13(12-24-22(26)17-5-3-4-6-19(17)25)15-7-8-16-10-18-21(29-20(16)11-15)9-14(2)28-23(18)27/h3-6,9-10,13,15,20,25H,7-8,11-12H2,1-2H3,(H,24,26)/t13?,15-,20-/m0/s1. The van der Waals surface area contributed by atoms with Crippen molar-refractivity contribution in [3.05, 3.63) is 63.2 Å². The summed E-state index contributed by atoms with van der Waals surface area (Å²) in [5.41, 5.74) is 1.57. The van der Waals surface area contributed by atoms with Crippen molar-refractivity contribution in [1.29, 1.82) is 0 Å². The van der Waals surface area contributed by atoms with E-state index in [9.17, 15) is 14.7 Å². The van der Waals surface area contributed by atoms with Crippen molar-refractivity contribution in [3.63, 3.8) is 0 Å². The lowest BCUT2D eigenvalue weighted by Crippen LogP contribution is -2.37. The zero-order valence-electron chi connectivity index (χ0n) is 16.6. The van der Waals surface area contributed by atoms with E-state index >= 15 is 0 Å². The number of aryl methyl sites for hydroxylation is 1. The van der Waals surface area contributed by atoms with Gasteiger partial charge in [-0.2, -0.15) is 0 Å². The summed E-state index contributed by atoms with van der Waals surface area (Å²) in [6.07, 6.45) is 4.57. The Balaban J connectivity index is 1.39. The van der Waals surface area contributed by atoms with Crippen molar-refractivity contribution >= 4 is 12.0 Å². The second-order valence-electron chi connectivity index (χ2n) is 7.99. The van der Waals surface area contributed by atoms with Gasteiger partial charge in [0.25, 0.3) is 5.91 Å². The number of aromatic hydroxyl groups is 1. The van der Waals surface area contributed by atoms with Gasteiger partial charge in [0.15, 0.2) is 0 Å². The molecule has 2 N–H and O–H groups in total. The maximum absolute atomic E-state index is 12.3. The van der Waals surface area contributed by atoms with Gasteiger partial charge in [-0.05, 0) is 61.8 Å². The number of phenolic OH excluding ortho intramolecular Hbond substituents is 1. The number of hydrogen-bond acceptors (Lipinski definition) is 5. The molecule has 6 nitrogen and oxygen atoms in total. The summed E-state index contributed by atoms with van der Waals surface area (Å²) in [6.45, 7) is 4.40. The second-order valence-corrected chi connectivity index (χ2v) is 7.99. The summed E-state index contributed by atoms with van der Waals surface area (Å²) in [5.74, 6) is 1.51. The number of ether oxygens (including phenoxy) is 1. The molecule has 29 heavy (non-hydrogen) atoms. The Morgan fingerprint density at radius 1 is 1.34 bits per heavy atom. The van der Waals surface area contributed by atoms with E-state index in [2.05, 4.69) is 12.2 Å². The molecule has 1 aromatic heterocycles. The minimum absolute atomic E-state index is 0.0147. The molecule has 2 heterocycles. The first-order chi connectivity index (χ1) is 13.9. The molecule has 6 heteroatoms. The van der Waals surface area contributed by atoms with Gasteiger partial charge in [0.05, 0.1) is 5.56 Å². The maximum atomic E-state index is 12.3. The summed E-state index contributed by atoms with van der Waals surface area (Å²) in [6, 6.07) is 8.31. The highest BCUT2D eigenvalue weighted by Gasteiger charge is 2.34. The molecule has 1 saturated carbocycles. The van der Waals surface area contributed by atoms with Crippen LogP contribution in [-0.2, 0) is 0 Å². The Hall–Kier alpha value is -3.02. The average molecular weight is 395 g/mol. The lowest BCUT2D eigenvalue weighted by atomic mass is 9.76. The van der Waals surface area contributed by atoms with Crippen LogP contribution < -0.4 is 15.7 Å². The topological polar surface area (TPSA) is 88.8 Å². The largest absolute Gasteiger partial charge is 0.507 e. The van der Waals surface area contributed by atoms with E-state index in [1.807, 2.05) is 6.08 Å². The van der Waals surface area contributed by atoms with E-state index in [0.717, 1.165) is 24.8 Å². The van der Waals surface area contributed by atoms with Gasteiger partial charge in [0.2, 0.25) is 0 Å². The third kappa shape index (κ3) is 3.92. The molecule has 152 valence electrons. The molecule has 4 rings (SSSR count). The molecule has 1 aliphatic carbocycles. The van der Waals surface area contributed by atoms with Gasteiger partial charge < -0.3 is 19.6 Å². The van der Waals surface area contributed by atoms with Crippen LogP contribution in [0.1, 0.15) is 47.9 Å². The van der Waals surface area contributed by atoms with Crippen LogP contribution in [0.15, 0.2) is 45.1 Å². The quantitative estimate of drug-likeness (QED) is 0.825. The van der Waals surface area contributed by atoms with E-state index in [4.69, 9.17) is 9.15 Å². The molecular formula is C23H25NO5. The number of rotatable bonds is 4. The van der Waals surface area contributed by atoms with E-state index < -0.39 is 0 Å². The monoisotopic (exact) mass is 395 g/mol. The summed E-state index contributed by atoms with van der Waals surface area (Å²) >= 11 is 0. The van der Waals surface area contributed by atoms with E-state index in [0.29, 0.717) is 29.5 Å². The van der Waals surface area contributed by atoms with Crippen LogP contribution in [0, 0.1) is 18.8 Å². The molecule has 1 aliphatic heterocycles. The predicted octanol–water partition coefficient (Wildman–Crippen LogP) is 3.66. The highest BCUT2D eigenvalue weighted by Crippen LogP contribution is 2.40. The molecule has 1 aromatic carbocycles. The first kappa shape index (κ1) is 19.3. The van der Waals surface area contributed by atoms with E-state index in [1.54, 1.807) is 31.2 Å². The minimum atomic E-state index is -0.353. The molecule has 0 spiro atoms. The average Bonchev–Trinajstić information content (AvgIpc) is 2.70. The van der Waals surface area contributed by atoms with Crippen LogP contribution in [-0.4, -0.2) is 23.7 Å². The molecule has 0 bridgehead atoms. The number of phenols is 1. The van der Waals surface area contributed by atoms with Gasteiger partial charge in [-0.15, -0.1) is 0 Å². The molecule has 2 aromatic rings. The van der Waals surface area contributed by atoms with Crippen LogP contribution in [0.25, 0.3) is 6.08 Å². The van der Waals surface area contributed by atoms with Crippen LogP contribution >= 0.6 is 0 Å². The third-order valence-corrected chi connectivity index (χ3v) is 5.94. The molecule has 2 aliphatic rings. The van der Waals surface area contributed by atoms with Crippen molar-refractivity contribution in [3.8, 4) is 11.5 Å². The SMILES string of the molecule is Cc1cc2c(c(=O)o1)C=C1CC[C@H](C(C)CNC(=O)c3ccccc3O)C[C@@H]1O2. The minimum Gasteiger partial charge on any atom is -0.507 e. The van der Waals surface area contributed by atoms with E-state index in [-0.39, 0.29) is 34.9 Å². The first-order valence-electron chi connectivity index (χ1n) is 10.0.